The Morgan fingerprint density at radius 1 is 0.955 bits per heavy atom. The lowest BCUT2D eigenvalue weighted by Crippen LogP contribution is -2.48. The van der Waals surface area contributed by atoms with Crippen LogP contribution in [0.15, 0.2) is 72.8 Å². The highest BCUT2D eigenvalue weighted by Gasteiger charge is 2.52. The van der Waals surface area contributed by atoms with E-state index in [1.807, 2.05) is 53.4 Å². The molecule has 0 spiro atoms. The molecule has 6 rings (SSSR count). The molecule has 3 aromatic carbocycles. The first-order chi connectivity index (χ1) is 21.1. The molecule has 44 heavy (non-hydrogen) atoms. The number of aliphatic hydroxyl groups excluding tert-OH is 1. The minimum absolute atomic E-state index is 0.00284. The maximum Gasteiger partial charge on any atom is 0.246 e. The molecule has 1 saturated heterocycles. The number of benzene rings is 3. The summed E-state index contributed by atoms with van der Waals surface area (Å²) in [5.41, 5.74) is 6.11. The van der Waals surface area contributed by atoms with E-state index >= 15 is 4.11 Å². The molecule has 5 atom stereocenters. The minimum atomic E-state index is -3.14. The van der Waals surface area contributed by atoms with Gasteiger partial charge < -0.3 is 18.9 Å². The summed E-state index contributed by atoms with van der Waals surface area (Å²) in [5.74, 6) is 0.0225. The van der Waals surface area contributed by atoms with Gasteiger partial charge in [-0.1, -0.05) is 61.5 Å². The summed E-state index contributed by atoms with van der Waals surface area (Å²) in [5, 5.41) is 10.1. The molecule has 0 aliphatic carbocycles. The highest BCUT2D eigenvalue weighted by molar-refractivity contribution is 6.72. The van der Waals surface area contributed by atoms with Crippen LogP contribution in [0, 0.1) is 5.92 Å². The van der Waals surface area contributed by atoms with Gasteiger partial charge in [0, 0.05) is 24.2 Å². The average Bonchev–Trinajstić information content (AvgIpc) is 3.34. The normalized spacial score (nSPS) is 25.1. The van der Waals surface area contributed by atoms with Crippen LogP contribution in [0.3, 0.4) is 0 Å². The molecule has 1 fully saturated rings. The number of halogens is 1. The number of aryl methyl sites for hydroxylation is 2. The van der Waals surface area contributed by atoms with Crippen molar-refractivity contribution in [3.05, 3.63) is 95.1 Å². The molecule has 3 aromatic rings. The van der Waals surface area contributed by atoms with Crippen LogP contribution >= 0.6 is 0 Å². The SMILES string of the molecule is C[C@H]1[C@H]([Si](C)(C)F)[C@@H](CC(=O)N2Cc3ccccc3C[C@H]2CO)O[C@H]1CCc1ccc(N2C(=O)CCc3ccccc32)cc1. The van der Waals surface area contributed by atoms with Gasteiger partial charge in [0.05, 0.1) is 37.0 Å². The van der Waals surface area contributed by atoms with Gasteiger partial charge in [0.2, 0.25) is 20.2 Å². The molecule has 3 heterocycles. The van der Waals surface area contributed by atoms with Crippen molar-refractivity contribution in [2.45, 2.75) is 88.9 Å². The summed E-state index contributed by atoms with van der Waals surface area (Å²) in [4.78, 5) is 30.1. The lowest BCUT2D eigenvalue weighted by atomic mass is 9.93. The van der Waals surface area contributed by atoms with Crippen LogP contribution in [0.5, 0.6) is 0 Å². The summed E-state index contributed by atoms with van der Waals surface area (Å²) in [6.45, 7) is 5.88. The quantitative estimate of drug-likeness (QED) is 0.232. The zero-order valence-corrected chi connectivity index (χ0v) is 26.9. The smallest absolute Gasteiger partial charge is 0.246 e. The number of carbonyl (C=O) groups is 2. The second-order valence-corrected chi connectivity index (χ2v) is 17.1. The topological polar surface area (TPSA) is 70.1 Å². The average molecular weight is 615 g/mol. The fourth-order valence-corrected chi connectivity index (χ4v) is 10.3. The van der Waals surface area contributed by atoms with Gasteiger partial charge in [0.1, 0.15) is 0 Å². The van der Waals surface area contributed by atoms with Crippen LogP contribution in [0.2, 0.25) is 18.6 Å². The Hall–Kier alpha value is -3.33. The molecule has 0 bridgehead atoms. The van der Waals surface area contributed by atoms with E-state index in [0.717, 1.165) is 47.3 Å². The number of nitrogens with zero attached hydrogens (tertiary/aromatic N) is 2. The predicted molar refractivity (Wildman–Crippen MR) is 173 cm³/mol. The lowest BCUT2D eigenvalue weighted by molar-refractivity contribution is -0.138. The Kier molecular flexibility index (Phi) is 8.77. The van der Waals surface area contributed by atoms with Gasteiger partial charge in [0.25, 0.3) is 0 Å². The van der Waals surface area contributed by atoms with E-state index in [0.29, 0.717) is 19.4 Å². The molecule has 3 aliphatic rings. The summed E-state index contributed by atoms with van der Waals surface area (Å²) in [6, 6.07) is 24.0. The molecule has 0 radical (unpaired) electrons. The van der Waals surface area contributed by atoms with Crippen molar-refractivity contribution >= 4 is 31.6 Å². The van der Waals surface area contributed by atoms with E-state index in [1.165, 1.54) is 5.56 Å². The first-order valence-corrected chi connectivity index (χ1v) is 18.9. The maximum absolute atomic E-state index is 15.8. The van der Waals surface area contributed by atoms with Crippen LogP contribution in [0.25, 0.3) is 0 Å². The third kappa shape index (κ3) is 6.12. The van der Waals surface area contributed by atoms with Crippen LogP contribution in [-0.2, 0) is 40.1 Å². The van der Waals surface area contributed by atoms with Crippen molar-refractivity contribution in [3.8, 4) is 0 Å². The Bertz CT molecular complexity index is 1510. The summed E-state index contributed by atoms with van der Waals surface area (Å²) in [6.07, 6.45) is 2.89. The van der Waals surface area contributed by atoms with Crippen LogP contribution in [0.1, 0.15) is 48.4 Å². The Balaban J connectivity index is 1.12. The van der Waals surface area contributed by atoms with Crippen LogP contribution in [0.4, 0.5) is 15.5 Å². The van der Waals surface area contributed by atoms with Crippen molar-refractivity contribution in [2.75, 3.05) is 11.5 Å². The molecule has 1 N–H and O–H groups in total. The Labute approximate surface area is 261 Å². The fraction of sp³-hybridized carbons (Fsp3) is 0.444. The molecular weight excluding hydrogens is 571 g/mol. The zero-order chi connectivity index (χ0) is 31.0. The van der Waals surface area contributed by atoms with E-state index in [1.54, 1.807) is 18.0 Å². The third-order valence-electron chi connectivity index (χ3n) is 9.96. The van der Waals surface area contributed by atoms with E-state index in [4.69, 9.17) is 4.74 Å². The molecule has 0 unspecified atom stereocenters. The van der Waals surface area contributed by atoms with Gasteiger partial charge in [-0.2, -0.15) is 0 Å². The first-order valence-electron chi connectivity index (χ1n) is 16.0. The molecule has 232 valence electrons. The third-order valence-corrected chi connectivity index (χ3v) is 12.4. The maximum atomic E-state index is 15.8. The molecular formula is C36H43FN2O4Si. The molecule has 0 saturated carbocycles. The lowest BCUT2D eigenvalue weighted by Gasteiger charge is -2.37. The summed E-state index contributed by atoms with van der Waals surface area (Å²) < 4.78 is 22.3. The fourth-order valence-electron chi connectivity index (χ4n) is 7.74. The van der Waals surface area contributed by atoms with Crippen molar-refractivity contribution < 1.29 is 23.5 Å². The summed E-state index contributed by atoms with van der Waals surface area (Å²) in [7, 11) is -3.14. The van der Waals surface area contributed by atoms with Gasteiger partial charge in [-0.15, -0.1) is 0 Å². The van der Waals surface area contributed by atoms with Crippen molar-refractivity contribution in [2.24, 2.45) is 5.92 Å². The van der Waals surface area contributed by atoms with E-state index in [-0.39, 0.29) is 48.4 Å². The minimum Gasteiger partial charge on any atom is -0.394 e. The number of carbonyl (C=O) groups excluding carboxylic acids is 2. The number of ether oxygens (including phenoxy) is 1. The number of anilines is 2. The number of para-hydroxylation sites is 1. The van der Waals surface area contributed by atoms with Crippen molar-refractivity contribution in [1.29, 1.82) is 0 Å². The standard InChI is InChI=1S/C36H43FN2O4Si/c1-24-32(18-14-25-12-16-29(17-13-25)39-31-11-7-6-8-26(31)15-19-34(39)41)43-33(36(24)44(2,3)37)21-35(42)38-22-28-10-5-4-9-27(28)20-30(38)23-40/h4-13,16-17,24,30,32-33,36,40H,14-15,18-23H2,1-3H3/t24-,30+,32+,33-,36+/m1/s1. The molecule has 6 nitrogen and oxygen atoms in total. The van der Waals surface area contributed by atoms with Crippen molar-refractivity contribution in [3.63, 3.8) is 0 Å². The highest BCUT2D eigenvalue weighted by Crippen LogP contribution is 2.47. The summed E-state index contributed by atoms with van der Waals surface area (Å²) >= 11 is 0. The second kappa shape index (κ2) is 12.6. The number of amides is 2. The number of hydrogen-bond donors (Lipinski definition) is 1. The zero-order valence-electron chi connectivity index (χ0n) is 25.9. The van der Waals surface area contributed by atoms with Crippen LogP contribution in [-0.4, -0.2) is 55.1 Å². The molecule has 3 aliphatic heterocycles. The van der Waals surface area contributed by atoms with Gasteiger partial charge in [-0.05, 0) is 85.1 Å². The number of fused-ring (bicyclic) bond motifs is 2. The van der Waals surface area contributed by atoms with Gasteiger partial charge in [-0.25, -0.2) is 0 Å². The van der Waals surface area contributed by atoms with Gasteiger partial charge in [0.15, 0.2) is 0 Å². The number of aliphatic hydroxyl groups is 1. The van der Waals surface area contributed by atoms with Gasteiger partial charge in [-0.3, -0.25) is 14.5 Å². The van der Waals surface area contributed by atoms with Gasteiger partial charge >= 0.3 is 0 Å². The second-order valence-electron chi connectivity index (χ2n) is 13.3. The van der Waals surface area contributed by atoms with E-state index < -0.39 is 14.5 Å². The first kappa shape index (κ1) is 30.7. The number of hydrogen-bond acceptors (Lipinski definition) is 4. The monoisotopic (exact) mass is 614 g/mol. The Morgan fingerprint density at radius 2 is 1.64 bits per heavy atom. The highest BCUT2D eigenvalue weighted by atomic mass is 28.4. The van der Waals surface area contributed by atoms with Crippen LogP contribution < -0.4 is 4.90 Å². The predicted octanol–water partition coefficient (Wildman–Crippen LogP) is 6.51. The van der Waals surface area contributed by atoms with E-state index in [9.17, 15) is 14.7 Å². The molecule has 8 heteroatoms. The van der Waals surface area contributed by atoms with E-state index in [2.05, 4.69) is 31.2 Å². The molecule has 0 aromatic heterocycles. The van der Waals surface area contributed by atoms with Crippen molar-refractivity contribution in [1.82, 2.24) is 4.90 Å². The molecule has 2 amide bonds. The Morgan fingerprint density at radius 3 is 2.34 bits per heavy atom. The number of rotatable bonds is 8. The largest absolute Gasteiger partial charge is 0.394 e.